The molecule has 0 aliphatic carbocycles. The van der Waals surface area contributed by atoms with E-state index >= 15 is 0 Å². The Morgan fingerprint density at radius 2 is 1.00 bits per heavy atom. The Kier molecular flexibility index (Phi) is 11.8. The van der Waals surface area contributed by atoms with Crippen molar-refractivity contribution in [3.8, 4) is 0 Å². The van der Waals surface area contributed by atoms with Gasteiger partial charge in [-0.15, -0.1) is 0 Å². The van der Waals surface area contributed by atoms with Crippen LogP contribution >= 0.6 is 20.2 Å². The van der Waals surface area contributed by atoms with Gasteiger partial charge in [0.2, 0.25) is 0 Å². The van der Waals surface area contributed by atoms with Crippen molar-refractivity contribution in [1.82, 2.24) is 4.90 Å². The van der Waals surface area contributed by atoms with Gasteiger partial charge in [0.1, 0.15) is 0 Å². The number of nitrogens with zero attached hydrogens (tertiary/aromatic N) is 3. The fourth-order valence-electron chi connectivity index (χ4n) is 3.37. The molecule has 0 unspecified atom stereocenters. The molecule has 0 aliphatic heterocycles. The summed E-state index contributed by atoms with van der Waals surface area (Å²) < 4.78 is 0. The summed E-state index contributed by atoms with van der Waals surface area (Å²) in [5.74, 6) is 0. The molecule has 0 N–H and O–H groups in total. The average molecular weight is 476 g/mol. The van der Waals surface area contributed by atoms with E-state index in [0.29, 0.717) is 0 Å². The number of hydrogen-bond donors (Lipinski definition) is 0. The summed E-state index contributed by atoms with van der Waals surface area (Å²) in [6.07, 6.45) is 3.97. The van der Waals surface area contributed by atoms with Gasteiger partial charge >= 0.3 is 33.3 Å². The number of rotatable bonds is 6. The van der Waals surface area contributed by atoms with E-state index in [0.717, 1.165) is 24.5 Å². The van der Waals surface area contributed by atoms with E-state index in [4.69, 9.17) is 20.2 Å². The molecule has 0 aliphatic rings. The monoisotopic (exact) mass is 475 g/mol. The number of aliphatic imine (C=N–C) groups is 2. The standard InChI is InChI=1S/C23H31N3.2ClH.Fe/c1-16-12-18(3)22(19(4)13-16)24-8-10-26(7)11-9-25-23-20(5)14-17(2)15-21(23)6;;;/h8-9,12-15H,10-11H2,1-7H3;2*1H;/q;;;+2/p-2. The summed E-state index contributed by atoms with van der Waals surface area (Å²) in [6, 6.07) is 8.73. The van der Waals surface area contributed by atoms with Crippen LogP contribution in [0.15, 0.2) is 34.3 Å². The first-order chi connectivity index (χ1) is 13.7. The Bertz CT molecular complexity index is 748. The Balaban J connectivity index is 0.00000132. The molecule has 0 heterocycles. The molecule has 2 aromatic carbocycles. The van der Waals surface area contributed by atoms with Crippen molar-refractivity contribution in [3.05, 3.63) is 57.6 Å². The van der Waals surface area contributed by atoms with Crippen LogP contribution in [0.1, 0.15) is 33.4 Å². The van der Waals surface area contributed by atoms with Crippen molar-refractivity contribution in [2.75, 3.05) is 20.1 Å². The molecule has 160 valence electrons. The van der Waals surface area contributed by atoms with E-state index in [2.05, 4.69) is 87.7 Å². The van der Waals surface area contributed by atoms with Crippen LogP contribution in [0.25, 0.3) is 0 Å². The van der Waals surface area contributed by atoms with Crippen LogP contribution in [-0.4, -0.2) is 37.5 Å². The summed E-state index contributed by atoms with van der Waals surface area (Å²) in [5, 5.41) is 0. The average Bonchev–Trinajstić information content (AvgIpc) is 2.60. The normalized spacial score (nSPS) is 11.5. The molecule has 29 heavy (non-hydrogen) atoms. The minimum atomic E-state index is 0.194. The molecule has 0 fully saturated rings. The van der Waals surface area contributed by atoms with Crippen LogP contribution in [0.3, 0.4) is 0 Å². The van der Waals surface area contributed by atoms with Crippen LogP contribution < -0.4 is 0 Å². The Morgan fingerprint density at radius 3 is 1.28 bits per heavy atom. The second-order valence-corrected chi connectivity index (χ2v) is 9.21. The van der Waals surface area contributed by atoms with Crippen LogP contribution in [0.5, 0.6) is 0 Å². The summed E-state index contributed by atoms with van der Waals surface area (Å²) in [4.78, 5) is 11.6. The fourth-order valence-corrected chi connectivity index (χ4v) is 3.37. The molecule has 0 saturated carbocycles. The third-order valence-corrected chi connectivity index (χ3v) is 4.50. The van der Waals surface area contributed by atoms with E-state index in [9.17, 15) is 0 Å². The first kappa shape index (κ1) is 25.9. The molecular formula is C23H31Cl2FeN3. The van der Waals surface area contributed by atoms with E-state index in [1.54, 1.807) is 0 Å². The number of aryl methyl sites for hydroxylation is 6. The summed E-state index contributed by atoms with van der Waals surface area (Å²) in [6.45, 7) is 14.3. The Hall–Kier alpha value is -1.16. The summed E-state index contributed by atoms with van der Waals surface area (Å²) in [7, 11) is 11.6. The third kappa shape index (κ3) is 9.02. The second kappa shape index (κ2) is 13.2. The van der Waals surface area contributed by atoms with E-state index in [-0.39, 0.29) is 13.1 Å². The van der Waals surface area contributed by atoms with Gasteiger partial charge in [-0.05, 0) is 70.8 Å². The van der Waals surface area contributed by atoms with Gasteiger partial charge in [-0.2, -0.15) is 0 Å². The predicted molar refractivity (Wildman–Crippen MR) is 127 cm³/mol. The molecule has 0 bridgehead atoms. The molecule has 0 atom stereocenters. The van der Waals surface area contributed by atoms with Crippen molar-refractivity contribution >= 4 is 44.0 Å². The van der Waals surface area contributed by atoms with Gasteiger partial charge in [-0.25, -0.2) is 0 Å². The van der Waals surface area contributed by atoms with Crippen molar-refractivity contribution in [2.24, 2.45) is 9.98 Å². The molecule has 2 aromatic rings. The molecule has 3 nitrogen and oxygen atoms in total. The SMILES string of the molecule is Cc1cc(C)c(N=CCN(C)CC=Nc2c(C)cc(C)cc2C)c(C)c1.[Cl][Fe][Cl]. The van der Waals surface area contributed by atoms with E-state index < -0.39 is 0 Å². The number of hydrogen-bond acceptors (Lipinski definition) is 3. The van der Waals surface area contributed by atoms with Crippen LogP contribution in [0.2, 0.25) is 0 Å². The minimum absolute atomic E-state index is 0.194. The van der Waals surface area contributed by atoms with Gasteiger partial charge in [-0.3, -0.25) is 14.9 Å². The molecular weight excluding hydrogens is 445 g/mol. The van der Waals surface area contributed by atoms with Crippen molar-refractivity contribution in [3.63, 3.8) is 0 Å². The topological polar surface area (TPSA) is 28.0 Å². The summed E-state index contributed by atoms with van der Waals surface area (Å²) >= 11 is 0.194. The van der Waals surface area contributed by atoms with Crippen LogP contribution in [0, 0.1) is 41.5 Å². The van der Waals surface area contributed by atoms with Crippen LogP contribution in [0.4, 0.5) is 11.4 Å². The quantitative estimate of drug-likeness (QED) is 0.328. The van der Waals surface area contributed by atoms with Gasteiger partial charge in [-0.1, -0.05) is 35.4 Å². The van der Waals surface area contributed by atoms with Gasteiger partial charge in [0.05, 0.1) is 11.4 Å². The van der Waals surface area contributed by atoms with Gasteiger partial charge in [0, 0.05) is 25.5 Å². The van der Waals surface area contributed by atoms with Gasteiger partial charge < -0.3 is 0 Å². The molecule has 0 aromatic heterocycles. The third-order valence-electron chi connectivity index (χ3n) is 4.50. The number of benzene rings is 2. The second-order valence-electron chi connectivity index (χ2n) is 7.39. The van der Waals surface area contributed by atoms with E-state index in [1.165, 1.54) is 33.4 Å². The van der Waals surface area contributed by atoms with Crippen molar-refractivity contribution in [1.29, 1.82) is 0 Å². The number of halogens is 2. The zero-order valence-corrected chi connectivity index (χ0v) is 20.9. The Morgan fingerprint density at radius 1 is 0.724 bits per heavy atom. The van der Waals surface area contributed by atoms with Crippen LogP contribution in [-0.2, 0) is 13.1 Å². The summed E-state index contributed by atoms with van der Waals surface area (Å²) in [5.41, 5.74) is 9.67. The van der Waals surface area contributed by atoms with Crippen molar-refractivity contribution in [2.45, 2.75) is 41.5 Å². The zero-order chi connectivity index (χ0) is 22.0. The molecule has 0 radical (unpaired) electrons. The van der Waals surface area contributed by atoms with Crippen molar-refractivity contribution < 1.29 is 13.1 Å². The molecule has 2 rings (SSSR count). The molecule has 0 saturated heterocycles. The fraction of sp³-hybridized carbons (Fsp3) is 0.391. The first-order valence-electron chi connectivity index (χ1n) is 9.44. The first-order valence-corrected chi connectivity index (χ1v) is 12.5. The molecule has 0 amide bonds. The molecule has 6 heteroatoms. The van der Waals surface area contributed by atoms with Gasteiger partial charge in [0.25, 0.3) is 0 Å². The predicted octanol–water partition coefficient (Wildman–Crippen LogP) is 6.95. The molecule has 0 spiro atoms. The van der Waals surface area contributed by atoms with E-state index in [1.807, 2.05) is 12.4 Å². The maximum atomic E-state index is 4.76. The maximum absolute atomic E-state index is 4.76. The van der Waals surface area contributed by atoms with Gasteiger partial charge in [0.15, 0.2) is 0 Å². The Labute approximate surface area is 190 Å². The zero-order valence-electron chi connectivity index (χ0n) is 18.3.